The molecule has 2 aromatic carbocycles. The first kappa shape index (κ1) is 24.2. The standard InChI is InChI=1S/C26H27FN4O4S/c1-13-6-15(21-18(7-13)29-20(34-5)10-28-21)24-30-19-9-17(27)22-16(23(19)36-24)8-14(35-22)11-31(25(32)33)12-26(2,3)4/h6-7,9-10,14H,8,11-12H2,1-5H3,(H,32,33). The van der Waals surface area contributed by atoms with Gasteiger partial charge >= 0.3 is 6.09 Å². The molecule has 36 heavy (non-hydrogen) atoms. The molecule has 8 nitrogen and oxygen atoms in total. The van der Waals surface area contributed by atoms with Crippen LogP contribution in [-0.2, 0) is 6.42 Å². The molecule has 4 aromatic rings. The number of carboxylic acid groups (broad SMARTS) is 1. The molecule has 0 saturated heterocycles. The van der Waals surface area contributed by atoms with Crippen LogP contribution in [0.5, 0.6) is 11.6 Å². The molecule has 0 aliphatic carbocycles. The number of fused-ring (bicyclic) bond motifs is 4. The second-order valence-corrected chi connectivity index (χ2v) is 11.3. The van der Waals surface area contributed by atoms with E-state index in [0.717, 1.165) is 21.4 Å². The van der Waals surface area contributed by atoms with Crippen molar-refractivity contribution in [2.24, 2.45) is 5.41 Å². The number of hydrogen-bond acceptors (Lipinski definition) is 7. The van der Waals surface area contributed by atoms with Crippen LogP contribution < -0.4 is 9.47 Å². The molecule has 1 N–H and O–H groups in total. The van der Waals surface area contributed by atoms with Crippen molar-refractivity contribution >= 4 is 38.7 Å². The molecule has 0 bridgehead atoms. The summed E-state index contributed by atoms with van der Waals surface area (Å²) in [6.07, 6.45) is 0.488. The van der Waals surface area contributed by atoms with Crippen LogP contribution in [0.4, 0.5) is 9.18 Å². The van der Waals surface area contributed by atoms with Crippen molar-refractivity contribution in [3.63, 3.8) is 0 Å². The number of thiazole rings is 1. The Morgan fingerprint density at radius 2 is 2.06 bits per heavy atom. The highest BCUT2D eigenvalue weighted by Gasteiger charge is 2.33. The van der Waals surface area contributed by atoms with Crippen LogP contribution in [0.25, 0.3) is 31.8 Å². The molecule has 0 spiro atoms. The lowest BCUT2D eigenvalue weighted by molar-refractivity contribution is 0.0967. The zero-order valence-corrected chi connectivity index (χ0v) is 21.6. The molecule has 1 atom stereocenters. The predicted octanol–water partition coefficient (Wildman–Crippen LogP) is 5.69. The lowest BCUT2D eigenvalue weighted by atomic mass is 9.96. The Kier molecular flexibility index (Phi) is 5.94. The zero-order chi connectivity index (χ0) is 25.8. The number of halogens is 1. The largest absolute Gasteiger partial charge is 0.485 e. The molecule has 0 fully saturated rings. The van der Waals surface area contributed by atoms with Crippen LogP contribution >= 0.6 is 11.3 Å². The van der Waals surface area contributed by atoms with E-state index in [9.17, 15) is 9.90 Å². The van der Waals surface area contributed by atoms with E-state index in [0.29, 0.717) is 40.4 Å². The number of rotatable bonds is 5. The summed E-state index contributed by atoms with van der Waals surface area (Å²) in [6.45, 7) is 8.42. The van der Waals surface area contributed by atoms with Crippen molar-refractivity contribution in [1.29, 1.82) is 0 Å². The second-order valence-electron chi connectivity index (χ2n) is 10.3. The molecule has 1 unspecified atom stereocenters. The first-order valence-electron chi connectivity index (χ1n) is 11.6. The Morgan fingerprint density at radius 1 is 1.28 bits per heavy atom. The minimum atomic E-state index is -1.01. The fraction of sp³-hybridized carbons (Fsp3) is 0.385. The van der Waals surface area contributed by atoms with Crippen molar-refractivity contribution in [2.75, 3.05) is 20.2 Å². The first-order valence-corrected chi connectivity index (χ1v) is 12.4. The van der Waals surface area contributed by atoms with Crippen LogP contribution in [0.15, 0.2) is 24.4 Å². The number of carbonyl (C=O) groups is 1. The van der Waals surface area contributed by atoms with E-state index in [1.165, 1.54) is 22.3 Å². The van der Waals surface area contributed by atoms with E-state index in [1.807, 2.05) is 39.8 Å². The van der Waals surface area contributed by atoms with Gasteiger partial charge in [0.05, 0.1) is 41.1 Å². The van der Waals surface area contributed by atoms with Gasteiger partial charge in [-0.2, -0.15) is 0 Å². The topological polar surface area (TPSA) is 97.7 Å². The molecule has 10 heteroatoms. The Morgan fingerprint density at radius 3 is 2.75 bits per heavy atom. The molecule has 0 saturated carbocycles. The smallest absolute Gasteiger partial charge is 0.407 e. The summed E-state index contributed by atoms with van der Waals surface area (Å²) in [6, 6.07) is 5.31. The fourth-order valence-corrected chi connectivity index (χ4v) is 5.69. The SMILES string of the molecule is COc1cnc2c(-c3nc4cc(F)c5c(c4s3)CC(CN(CC(C)(C)C)C(=O)O)O5)cc(C)cc2n1. The molecule has 1 aliphatic heterocycles. The van der Waals surface area contributed by atoms with Gasteiger partial charge in [-0.1, -0.05) is 20.8 Å². The normalized spacial score (nSPS) is 15.2. The lowest BCUT2D eigenvalue weighted by Crippen LogP contribution is -2.42. The number of aromatic nitrogens is 3. The predicted molar refractivity (Wildman–Crippen MR) is 137 cm³/mol. The van der Waals surface area contributed by atoms with Gasteiger partial charge in [0, 0.05) is 30.2 Å². The van der Waals surface area contributed by atoms with Crippen LogP contribution in [0.3, 0.4) is 0 Å². The Balaban J connectivity index is 1.52. The second kappa shape index (κ2) is 8.85. The van der Waals surface area contributed by atoms with Gasteiger partial charge in [0.15, 0.2) is 11.6 Å². The average Bonchev–Trinajstić information content (AvgIpc) is 3.41. The van der Waals surface area contributed by atoms with Crippen molar-refractivity contribution in [3.8, 4) is 22.2 Å². The molecule has 5 rings (SSSR count). The van der Waals surface area contributed by atoms with E-state index in [-0.39, 0.29) is 17.7 Å². The fourth-order valence-electron chi connectivity index (χ4n) is 4.58. The highest BCUT2D eigenvalue weighted by atomic mass is 32.1. The first-order chi connectivity index (χ1) is 17.0. The van der Waals surface area contributed by atoms with Gasteiger partial charge in [-0.05, 0) is 30.0 Å². The molecule has 1 amide bonds. The maximum absolute atomic E-state index is 15.0. The number of amides is 1. The van der Waals surface area contributed by atoms with Crippen molar-refractivity contribution in [3.05, 3.63) is 41.3 Å². The van der Waals surface area contributed by atoms with Gasteiger partial charge in [-0.3, -0.25) is 0 Å². The maximum Gasteiger partial charge on any atom is 0.407 e. The maximum atomic E-state index is 15.0. The minimum absolute atomic E-state index is 0.161. The molecule has 0 radical (unpaired) electrons. The highest BCUT2D eigenvalue weighted by molar-refractivity contribution is 7.22. The molecule has 3 heterocycles. The number of nitrogens with zero attached hydrogens (tertiary/aromatic N) is 4. The number of aryl methyl sites for hydroxylation is 1. The summed E-state index contributed by atoms with van der Waals surface area (Å²) in [5, 5.41) is 10.4. The van der Waals surface area contributed by atoms with Crippen LogP contribution in [0, 0.1) is 18.2 Å². The van der Waals surface area contributed by atoms with Crippen LogP contribution in [0.2, 0.25) is 0 Å². The molecular weight excluding hydrogens is 483 g/mol. The quantitative estimate of drug-likeness (QED) is 0.368. The summed E-state index contributed by atoms with van der Waals surface area (Å²) >= 11 is 1.45. The molecule has 1 aliphatic rings. The van der Waals surface area contributed by atoms with Gasteiger partial charge in [-0.25, -0.2) is 24.1 Å². The van der Waals surface area contributed by atoms with Crippen LogP contribution in [0.1, 0.15) is 31.9 Å². The zero-order valence-electron chi connectivity index (χ0n) is 20.8. The molecule has 2 aromatic heterocycles. The Hall–Kier alpha value is -3.53. The van der Waals surface area contributed by atoms with Gasteiger partial charge in [0.1, 0.15) is 11.1 Å². The summed E-state index contributed by atoms with van der Waals surface area (Å²) < 4.78 is 27.0. The van der Waals surface area contributed by atoms with E-state index in [2.05, 4.69) is 9.97 Å². The lowest BCUT2D eigenvalue weighted by Gasteiger charge is -2.29. The van der Waals surface area contributed by atoms with E-state index in [1.54, 1.807) is 13.3 Å². The van der Waals surface area contributed by atoms with Crippen molar-refractivity contribution in [1.82, 2.24) is 19.9 Å². The summed E-state index contributed by atoms with van der Waals surface area (Å²) in [7, 11) is 1.55. The number of hydrogen-bond donors (Lipinski definition) is 1. The third-order valence-electron chi connectivity index (χ3n) is 5.97. The van der Waals surface area contributed by atoms with Crippen LogP contribution in [-0.4, -0.2) is 57.4 Å². The van der Waals surface area contributed by atoms with Gasteiger partial charge in [0.25, 0.3) is 0 Å². The third kappa shape index (κ3) is 4.53. The number of benzene rings is 2. The van der Waals surface area contributed by atoms with E-state index in [4.69, 9.17) is 14.5 Å². The molecule has 188 valence electrons. The highest BCUT2D eigenvalue weighted by Crippen LogP contribution is 2.43. The van der Waals surface area contributed by atoms with Gasteiger partial charge < -0.3 is 19.5 Å². The summed E-state index contributed by atoms with van der Waals surface area (Å²) in [5.74, 6) is 0.115. The Bertz CT molecular complexity index is 1500. The Labute approximate surface area is 211 Å². The van der Waals surface area contributed by atoms with Crippen molar-refractivity contribution < 1.29 is 23.8 Å². The number of ether oxygens (including phenoxy) is 2. The van der Waals surface area contributed by atoms with Gasteiger partial charge in [0.2, 0.25) is 5.88 Å². The van der Waals surface area contributed by atoms with E-state index < -0.39 is 18.0 Å². The molecular formula is C26H27FN4O4S. The third-order valence-corrected chi connectivity index (χ3v) is 7.13. The van der Waals surface area contributed by atoms with Crippen molar-refractivity contribution in [2.45, 2.75) is 40.2 Å². The monoisotopic (exact) mass is 510 g/mol. The van der Waals surface area contributed by atoms with Gasteiger partial charge in [-0.15, -0.1) is 11.3 Å². The summed E-state index contributed by atoms with van der Waals surface area (Å²) in [5.41, 5.74) is 4.24. The summed E-state index contributed by atoms with van der Waals surface area (Å²) in [4.78, 5) is 26.9. The average molecular weight is 511 g/mol. The van der Waals surface area contributed by atoms with E-state index >= 15 is 4.39 Å². The minimum Gasteiger partial charge on any atom is -0.485 e. The number of methoxy groups -OCH3 is 1.